The topological polar surface area (TPSA) is 26.0 Å². The number of nitrogens with two attached hydrogens (primary N) is 1. The van der Waals surface area contributed by atoms with E-state index >= 15 is 0 Å². The van der Waals surface area contributed by atoms with Crippen LogP contribution in [0.15, 0.2) is 36.4 Å². The fraction of sp³-hybridized carbons (Fsp3) is 0.143. The maximum atomic E-state index is 13.2. The minimum Gasteiger partial charge on any atom is -0.326 e. The van der Waals surface area contributed by atoms with Gasteiger partial charge in [-0.05, 0) is 41.8 Å². The second kappa shape index (κ2) is 4.86. The first-order valence-electron chi connectivity index (χ1n) is 5.37. The lowest BCUT2D eigenvalue weighted by Crippen LogP contribution is -1.97. The van der Waals surface area contributed by atoms with E-state index in [1.54, 1.807) is 6.07 Å². The van der Waals surface area contributed by atoms with Crippen molar-refractivity contribution in [3.63, 3.8) is 0 Å². The van der Waals surface area contributed by atoms with Crippen LogP contribution in [0.4, 0.5) is 4.39 Å². The molecule has 0 atom stereocenters. The van der Waals surface area contributed by atoms with Crippen molar-refractivity contribution >= 4 is 11.6 Å². The van der Waals surface area contributed by atoms with Crippen LogP contribution in [0.1, 0.15) is 11.1 Å². The van der Waals surface area contributed by atoms with Crippen LogP contribution in [-0.2, 0) is 6.54 Å². The van der Waals surface area contributed by atoms with Crippen molar-refractivity contribution in [1.82, 2.24) is 0 Å². The van der Waals surface area contributed by atoms with E-state index in [9.17, 15) is 4.39 Å². The highest BCUT2D eigenvalue weighted by Crippen LogP contribution is 2.31. The summed E-state index contributed by atoms with van der Waals surface area (Å²) >= 11 is 6.09. The molecule has 2 N–H and O–H groups in total. The number of halogens is 2. The van der Waals surface area contributed by atoms with Crippen LogP contribution in [0.3, 0.4) is 0 Å². The van der Waals surface area contributed by atoms with Crippen molar-refractivity contribution in [1.29, 1.82) is 0 Å². The van der Waals surface area contributed by atoms with E-state index in [1.807, 2.05) is 25.1 Å². The fourth-order valence-electron chi connectivity index (χ4n) is 1.86. The second-order valence-electron chi connectivity index (χ2n) is 3.98. The van der Waals surface area contributed by atoms with Gasteiger partial charge in [0.25, 0.3) is 0 Å². The molecule has 0 aliphatic heterocycles. The van der Waals surface area contributed by atoms with Crippen molar-refractivity contribution in [2.75, 3.05) is 0 Å². The summed E-state index contributed by atoms with van der Waals surface area (Å²) in [4.78, 5) is 0. The van der Waals surface area contributed by atoms with Gasteiger partial charge in [-0.2, -0.15) is 0 Å². The van der Waals surface area contributed by atoms with E-state index in [0.29, 0.717) is 17.1 Å². The Kier molecular flexibility index (Phi) is 3.46. The Morgan fingerprint density at radius 2 is 1.88 bits per heavy atom. The zero-order valence-corrected chi connectivity index (χ0v) is 10.3. The molecule has 3 heteroatoms. The van der Waals surface area contributed by atoms with Gasteiger partial charge in [-0.1, -0.05) is 29.8 Å². The van der Waals surface area contributed by atoms with Crippen molar-refractivity contribution in [3.8, 4) is 11.1 Å². The van der Waals surface area contributed by atoms with Gasteiger partial charge in [0.15, 0.2) is 0 Å². The molecule has 0 aliphatic rings. The van der Waals surface area contributed by atoms with Gasteiger partial charge in [0.05, 0.1) is 0 Å². The van der Waals surface area contributed by atoms with E-state index < -0.39 is 0 Å². The largest absolute Gasteiger partial charge is 0.326 e. The Bertz CT molecular complexity index is 552. The van der Waals surface area contributed by atoms with Crippen molar-refractivity contribution in [2.45, 2.75) is 13.5 Å². The number of aryl methyl sites for hydroxylation is 1. The molecule has 0 saturated heterocycles. The molecule has 0 aliphatic carbocycles. The molecule has 0 amide bonds. The van der Waals surface area contributed by atoms with Crippen molar-refractivity contribution in [2.24, 2.45) is 5.73 Å². The third kappa shape index (κ3) is 2.48. The molecule has 2 aromatic rings. The van der Waals surface area contributed by atoms with E-state index in [2.05, 4.69) is 0 Å². The molecule has 0 bridgehead atoms. The first kappa shape index (κ1) is 12.1. The maximum Gasteiger partial charge on any atom is 0.123 e. The lowest BCUT2D eigenvalue weighted by molar-refractivity contribution is 0.628. The van der Waals surface area contributed by atoms with Gasteiger partial charge < -0.3 is 5.73 Å². The van der Waals surface area contributed by atoms with Crippen molar-refractivity contribution < 1.29 is 4.39 Å². The quantitative estimate of drug-likeness (QED) is 0.858. The summed E-state index contributed by atoms with van der Waals surface area (Å²) in [6.45, 7) is 2.47. The summed E-state index contributed by atoms with van der Waals surface area (Å²) in [6.07, 6.45) is 0. The minimum absolute atomic E-state index is 0.285. The second-order valence-corrected chi connectivity index (χ2v) is 4.38. The molecule has 1 nitrogen and oxygen atoms in total. The highest BCUT2D eigenvalue weighted by molar-refractivity contribution is 6.33. The summed E-state index contributed by atoms with van der Waals surface area (Å²) in [7, 11) is 0. The van der Waals surface area contributed by atoms with Crippen LogP contribution in [0, 0.1) is 12.7 Å². The molecular formula is C14H13ClFN. The first-order chi connectivity index (χ1) is 8.11. The Balaban J connectivity index is 2.56. The number of hydrogen-bond acceptors (Lipinski definition) is 1. The van der Waals surface area contributed by atoms with Crippen LogP contribution < -0.4 is 5.73 Å². The van der Waals surface area contributed by atoms with Gasteiger partial charge in [0.1, 0.15) is 5.82 Å². The summed E-state index contributed by atoms with van der Waals surface area (Å²) in [6, 6.07) is 10.2. The lowest BCUT2D eigenvalue weighted by Gasteiger charge is -2.09. The van der Waals surface area contributed by atoms with Crippen molar-refractivity contribution in [3.05, 3.63) is 58.4 Å². The van der Waals surface area contributed by atoms with Gasteiger partial charge in [-0.3, -0.25) is 0 Å². The Labute approximate surface area is 105 Å². The van der Waals surface area contributed by atoms with E-state index in [4.69, 9.17) is 17.3 Å². The van der Waals surface area contributed by atoms with E-state index in [-0.39, 0.29) is 5.82 Å². The first-order valence-corrected chi connectivity index (χ1v) is 5.74. The van der Waals surface area contributed by atoms with Crippen LogP contribution in [-0.4, -0.2) is 0 Å². The smallest absolute Gasteiger partial charge is 0.123 e. The van der Waals surface area contributed by atoms with E-state index in [0.717, 1.165) is 16.7 Å². The molecular weight excluding hydrogens is 237 g/mol. The average Bonchev–Trinajstić information content (AvgIpc) is 2.32. The molecule has 0 radical (unpaired) electrons. The highest BCUT2D eigenvalue weighted by Gasteiger charge is 2.08. The highest BCUT2D eigenvalue weighted by atomic mass is 35.5. The van der Waals surface area contributed by atoms with Gasteiger partial charge in [-0.15, -0.1) is 0 Å². The predicted molar refractivity (Wildman–Crippen MR) is 69.5 cm³/mol. The fourth-order valence-corrected chi connectivity index (χ4v) is 2.08. The molecule has 0 spiro atoms. The lowest BCUT2D eigenvalue weighted by atomic mass is 9.98. The summed E-state index contributed by atoms with van der Waals surface area (Å²) in [5.41, 5.74) is 9.32. The third-order valence-corrected chi connectivity index (χ3v) is 3.07. The standard InChI is InChI=1S/C14H13ClFN/c1-9-6-10(8-17)2-4-12(9)13-7-11(16)3-5-14(13)15/h2-7H,8,17H2,1H3. The number of benzene rings is 2. The third-order valence-electron chi connectivity index (χ3n) is 2.75. The SMILES string of the molecule is Cc1cc(CN)ccc1-c1cc(F)ccc1Cl. The molecule has 0 unspecified atom stereocenters. The summed E-state index contributed by atoms with van der Waals surface area (Å²) in [5, 5.41) is 0.551. The van der Waals surface area contributed by atoms with E-state index in [1.165, 1.54) is 12.1 Å². The molecule has 2 rings (SSSR count). The van der Waals surface area contributed by atoms with Crippen LogP contribution in [0.2, 0.25) is 5.02 Å². The zero-order chi connectivity index (χ0) is 12.4. The Hall–Kier alpha value is -1.38. The van der Waals surface area contributed by atoms with Gasteiger partial charge in [0.2, 0.25) is 0 Å². The van der Waals surface area contributed by atoms with Crippen LogP contribution in [0.5, 0.6) is 0 Å². The number of rotatable bonds is 2. The van der Waals surface area contributed by atoms with Crippen LogP contribution in [0.25, 0.3) is 11.1 Å². The molecule has 2 aromatic carbocycles. The Morgan fingerprint density at radius 3 is 2.53 bits per heavy atom. The average molecular weight is 250 g/mol. The summed E-state index contributed by atoms with van der Waals surface area (Å²) in [5.74, 6) is -0.285. The normalized spacial score (nSPS) is 10.6. The number of hydrogen-bond donors (Lipinski definition) is 1. The molecule has 88 valence electrons. The molecule has 0 fully saturated rings. The van der Waals surface area contributed by atoms with Crippen LogP contribution >= 0.6 is 11.6 Å². The Morgan fingerprint density at radius 1 is 1.12 bits per heavy atom. The maximum absolute atomic E-state index is 13.2. The molecule has 0 saturated carbocycles. The predicted octanol–water partition coefficient (Wildman–Crippen LogP) is 3.91. The molecule has 17 heavy (non-hydrogen) atoms. The molecule has 0 aromatic heterocycles. The zero-order valence-electron chi connectivity index (χ0n) is 9.50. The minimum atomic E-state index is -0.285. The van der Waals surface area contributed by atoms with Gasteiger partial charge >= 0.3 is 0 Å². The molecule has 0 heterocycles. The van der Waals surface area contributed by atoms with Gasteiger partial charge in [0, 0.05) is 17.1 Å². The summed E-state index contributed by atoms with van der Waals surface area (Å²) < 4.78 is 13.2. The monoisotopic (exact) mass is 249 g/mol. The van der Waals surface area contributed by atoms with Gasteiger partial charge in [-0.25, -0.2) is 4.39 Å².